The topological polar surface area (TPSA) is 84.9 Å². The van der Waals surface area contributed by atoms with Gasteiger partial charge >= 0.3 is 0 Å². The Morgan fingerprint density at radius 1 is 1.07 bits per heavy atom. The fraction of sp³-hybridized carbons (Fsp3) is 0.381. The van der Waals surface area contributed by atoms with Crippen LogP contribution in [0.1, 0.15) is 25.3 Å². The maximum atomic E-state index is 12.8. The van der Waals surface area contributed by atoms with Crippen LogP contribution in [0, 0.1) is 0 Å². The monoisotopic (exact) mass is 418 g/mol. The summed E-state index contributed by atoms with van der Waals surface area (Å²) in [5.41, 5.74) is 1.46. The van der Waals surface area contributed by atoms with E-state index >= 15 is 0 Å². The molecule has 1 heterocycles. The van der Waals surface area contributed by atoms with Crippen molar-refractivity contribution in [2.24, 2.45) is 0 Å². The van der Waals surface area contributed by atoms with Crippen molar-refractivity contribution in [3.05, 3.63) is 54.1 Å². The van der Waals surface area contributed by atoms with Gasteiger partial charge in [0.05, 0.1) is 11.9 Å². The van der Waals surface area contributed by atoms with Gasteiger partial charge in [-0.2, -0.15) is 0 Å². The summed E-state index contributed by atoms with van der Waals surface area (Å²) in [6.45, 7) is 4.82. The largest absolute Gasteiger partial charge is 0.486 e. The van der Waals surface area contributed by atoms with Gasteiger partial charge in [-0.1, -0.05) is 37.3 Å². The van der Waals surface area contributed by atoms with Crippen LogP contribution in [-0.4, -0.2) is 46.4 Å². The summed E-state index contributed by atoms with van der Waals surface area (Å²) in [5, 5.41) is 2.86. The van der Waals surface area contributed by atoms with Gasteiger partial charge in [0.2, 0.25) is 15.9 Å². The maximum Gasteiger partial charge on any atom is 0.243 e. The summed E-state index contributed by atoms with van der Waals surface area (Å²) in [7, 11) is -3.70. The van der Waals surface area contributed by atoms with E-state index < -0.39 is 16.1 Å². The highest BCUT2D eigenvalue weighted by Crippen LogP contribution is 2.35. The van der Waals surface area contributed by atoms with Gasteiger partial charge in [-0.05, 0) is 30.5 Å². The van der Waals surface area contributed by atoms with Crippen LogP contribution in [0.15, 0.2) is 48.5 Å². The number of hydrogen-bond acceptors (Lipinski definition) is 5. The second kappa shape index (κ2) is 8.73. The number of carbonyl (C=O) groups excluding carboxylic acids is 1. The predicted octanol–water partition coefficient (Wildman–Crippen LogP) is 2.53. The number of carbonyl (C=O) groups is 1. The lowest BCUT2D eigenvalue weighted by Gasteiger charge is -2.29. The third kappa shape index (κ3) is 5.00. The van der Waals surface area contributed by atoms with Gasteiger partial charge in [0, 0.05) is 12.6 Å². The lowest BCUT2D eigenvalue weighted by atomic mass is 10.0. The first kappa shape index (κ1) is 21.0. The molecule has 8 heteroatoms. The zero-order valence-corrected chi connectivity index (χ0v) is 17.6. The minimum absolute atomic E-state index is 0.105. The average Bonchev–Trinajstić information content (AvgIpc) is 2.71. The van der Waals surface area contributed by atoms with Crippen molar-refractivity contribution in [1.82, 2.24) is 5.32 Å². The molecule has 0 radical (unpaired) electrons. The third-order valence-electron chi connectivity index (χ3n) is 4.82. The van der Waals surface area contributed by atoms with E-state index in [4.69, 9.17) is 9.47 Å². The van der Waals surface area contributed by atoms with E-state index in [2.05, 4.69) is 5.32 Å². The molecule has 29 heavy (non-hydrogen) atoms. The Kier molecular flexibility index (Phi) is 6.32. The Morgan fingerprint density at radius 2 is 1.72 bits per heavy atom. The fourth-order valence-electron chi connectivity index (χ4n) is 3.28. The summed E-state index contributed by atoms with van der Waals surface area (Å²) in [6.07, 6.45) is 1.08. The van der Waals surface area contributed by atoms with Crippen molar-refractivity contribution in [2.75, 3.05) is 30.3 Å². The number of benzene rings is 2. The number of amides is 1. The first-order valence-electron chi connectivity index (χ1n) is 9.49. The summed E-state index contributed by atoms with van der Waals surface area (Å²) in [5.74, 6) is 0.761. The average molecular weight is 419 g/mol. The molecule has 7 nitrogen and oxygen atoms in total. The zero-order valence-electron chi connectivity index (χ0n) is 16.8. The molecule has 156 valence electrons. The number of sulfonamides is 1. The Balaban J connectivity index is 1.76. The molecule has 2 aromatic rings. The van der Waals surface area contributed by atoms with E-state index in [-0.39, 0.29) is 11.8 Å². The molecule has 0 unspecified atom stereocenters. The second-order valence-electron chi connectivity index (χ2n) is 7.12. The predicted molar refractivity (Wildman–Crippen MR) is 112 cm³/mol. The van der Waals surface area contributed by atoms with Crippen LogP contribution in [0.2, 0.25) is 0 Å². The number of anilines is 1. The van der Waals surface area contributed by atoms with E-state index in [1.807, 2.05) is 37.3 Å². The molecule has 1 aliphatic heterocycles. The molecule has 0 aromatic heterocycles. The standard InChI is InChI=1S/C21H26N2O5S/c1-15(17-7-5-4-6-8-17)14-22-21(24)16(2)23(29(3,25)26)18-9-10-19-20(13-18)28-12-11-27-19/h4-10,13,15-16H,11-12,14H2,1-3H3,(H,22,24)/t15-,16+/m0/s1. The van der Waals surface area contributed by atoms with Crippen LogP contribution in [0.3, 0.4) is 0 Å². The summed E-state index contributed by atoms with van der Waals surface area (Å²) >= 11 is 0. The van der Waals surface area contributed by atoms with Gasteiger partial charge in [0.15, 0.2) is 11.5 Å². The van der Waals surface area contributed by atoms with Crippen molar-refractivity contribution in [2.45, 2.75) is 25.8 Å². The summed E-state index contributed by atoms with van der Waals surface area (Å²) < 4.78 is 37.1. The molecule has 2 aromatic carbocycles. The van der Waals surface area contributed by atoms with Crippen LogP contribution in [0.25, 0.3) is 0 Å². The van der Waals surface area contributed by atoms with Gasteiger partial charge in [0.1, 0.15) is 19.3 Å². The van der Waals surface area contributed by atoms with Crippen molar-refractivity contribution in [1.29, 1.82) is 0 Å². The maximum absolute atomic E-state index is 12.8. The summed E-state index contributed by atoms with van der Waals surface area (Å²) in [4.78, 5) is 12.8. The lowest BCUT2D eigenvalue weighted by molar-refractivity contribution is -0.121. The van der Waals surface area contributed by atoms with Crippen molar-refractivity contribution < 1.29 is 22.7 Å². The molecule has 0 spiro atoms. The van der Waals surface area contributed by atoms with Crippen LogP contribution in [0.5, 0.6) is 11.5 Å². The molecular weight excluding hydrogens is 392 g/mol. The quantitative estimate of drug-likeness (QED) is 0.747. The minimum Gasteiger partial charge on any atom is -0.486 e. The van der Waals surface area contributed by atoms with E-state index in [0.29, 0.717) is 36.9 Å². The Hall–Kier alpha value is -2.74. The lowest BCUT2D eigenvalue weighted by Crippen LogP contribution is -2.48. The Bertz CT molecular complexity index is 962. The number of fused-ring (bicyclic) bond motifs is 1. The number of nitrogens with one attached hydrogen (secondary N) is 1. The highest BCUT2D eigenvalue weighted by atomic mass is 32.2. The molecule has 0 fully saturated rings. The first-order chi connectivity index (χ1) is 13.8. The van der Waals surface area contributed by atoms with Crippen LogP contribution < -0.4 is 19.1 Å². The number of ether oxygens (including phenoxy) is 2. The molecule has 1 amide bonds. The third-order valence-corrected chi connectivity index (χ3v) is 6.06. The van der Waals surface area contributed by atoms with Crippen LogP contribution >= 0.6 is 0 Å². The summed E-state index contributed by atoms with van der Waals surface area (Å²) in [6, 6.07) is 13.8. The normalized spacial score (nSPS) is 15.3. The molecule has 0 aliphatic carbocycles. The Morgan fingerprint density at radius 3 is 2.38 bits per heavy atom. The molecule has 2 atom stereocenters. The van der Waals surface area contributed by atoms with Gasteiger partial charge in [-0.15, -0.1) is 0 Å². The van der Waals surface area contributed by atoms with E-state index in [0.717, 1.165) is 16.1 Å². The molecule has 0 bridgehead atoms. The van der Waals surface area contributed by atoms with Gasteiger partial charge < -0.3 is 14.8 Å². The SMILES string of the molecule is C[C@H](C(=O)NC[C@H](C)c1ccccc1)N(c1ccc2c(c1)OCCO2)S(C)(=O)=O. The minimum atomic E-state index is -3.70. The smallest absolute Gasteiger partial charge is 0.243 e. The van der Waals surface area contributed by atoms with Gasteiger partial charge in [0.25, 0.3) is 0 Å². The molecule has 1 N–H and O–H groups in total. The molecular formula is C21H26N2O5S. The zero-order chi connectivity index (χ0) is 21.0. The van der Waals surface area contributed by atoms with E-state index in [9.17, 15) is 13.2 Å². The van der Waals surface area contributed by atoms with E-state index in [1.165, 1.54) is 0 Å². The van der Waals surface area contributed by atoms with E-state index in [1.54, 1.807) is 25.1 Å². The number of hydrogen-bond donors (Lipinski definition) is 1. The highest BCUT2D eigenvalue weighted by Gasteiger charge is 2.30. The van der Waals surface area contributed by atoms with Crippen molar-refractivity contribution >= 4 is 21.6 Å². The molecule has 3 rings (SSSR count). The van der Waals surface area contributed by atoms with Gasteiger partial charge in [-0.3, -0.25) is 9.10 Å². The fourth-order valence-corrected chi connectivity index (χ4v) is 4.45. The van der Waals surface area contributed by atoms with Crippen LogP contribution in [-0.2, 0) is 14.8 Å². The second-order valence-corrected chi connectivity index (χ2v) is 8.98. The highest BCUT2D eigenvalue weighted by molar-refractivity contribution is 7.92. The number of nitrogens with zero attached hydrogens (tertiary/aromatic N) is 1. The van der Waals surface area contributed by atoms with Crippen molar-refractivity contribution in [3.8, 4) is 11.5 Å². The molecule has 0 saturated heterocycles. The van der Waals surface area contributed by atoms with Gasteiger partial charge in [-0.25, -0.2) is 8.42 Å². The van der Waals surface area contributed by atoms with Crippen molar-refractivity contribution in [3.63, 3.8) is 0 Å². The Labute approximate surface area is 171 Å². The first-order valence-corrected chi connectivity index (χ1v) is 11.3. The molecule has 0 saturated carbocycles. The van der Waals surface area contributed by atoms with Crippen LogP contribution in [0.4, 0.5) is 5.69 Å². The molecule has 1 aliphatic rings. The number of rotatable bonds is 7.